The highest BCUT2D eigenvalue weighted by Crippen LogP contribution is 2.34. The third-order valence-electron chi connectivity index (χ3n) is 2.52. The molecule has 0 radical (unpaired) electrons. The number of hydrogen-bond donors (Lipinski definition) is 2. The van der Waals surface area contributed by atoms with Gasteiger partial charge in [-0.05, 0) is 62.5 Å². The number of aryl methyl sites for hydroxylation is 1. The summed E-state index contributed by atoms with van der Waals surface area (Å²) in [6, 6.07) is 6.81. The molecule has 0 amide bonds. The van der Waals surface area contributed by atoms with E-state index in [-0.39, 0.29) is 11.5 Å². The van der Waals surface area contributed by atoms with Crippen molar-refractivity contribution in [3.05, 3.63) is 43.0 Å². The maximum absolute atomic E-state index is 12.4. The van der Waals surface area contributed by atoms with Gasteiger partial charge in [-0.3, -0.25) is 4.72 Å². The molecule has 1 aromatic heterocycles. The summed E-state index contributed by atoms with van der Waals surface area (Å²) in [4.78, 5) is 0.708. The minimum Gasteiger partial charge on any atom is -0.391 e. The van der Waals surface area contributed by atoms with Crippen LogP contribution >= 0.6 is 43.2 Å². The van der Waals surface area contributed by atoms with Gasteiger partial charge in [-0.15, -0.1) is 11.3 Å². The first-order valence-corrected chi connectivity index (χ1v) is 9.40. The Bertz CT molecular complexity index is 741. The molecule has 0 fully saturated rings. The summed E-state index contributed by atoms with van der Waals surface area (Å²) in [6.07, 6.45) is 0. The van der Waals surface area contributed by atoms with Gasteiger partial charge >= 0.3 is 0 Å². The first-order chi connectivity index (χ1) is 9.33. The van der Waals surface area contributed by atoms with Crippen LogP contribution in [-0.2, 0) is 16.6 Å². The van der Waals surface area contributed by atoms with Gasteiger partial charge in [0.1, 0.15) is 4.90 Å². The van der Waals surface area contributed by atoms with E-state index in [2.05, 4.69) is 36.6 Å². The van der Waals surface area contributed by atoms with Crippen LogP contribution in [0.4, 0.5) is 5.69 Å². The molecule has 8 heteroatoms. The minimum absolute atomic E-state index is 0.124. The Morgan fingerprint density at radius 3 is 2.55 bits per heavy atom. The molecular weight excluding hydrogens is 430 g/mol. The summed E-state index contributed by atoms with van der Waals surface area (Å²) >= 11 is 7.74. The van der Waals surface area contributed by atoms with Crippen LogP contribution in [0.25, 0.3) is 0 Å². The lowest BCUT2D eigenvalue weighted by molar-refractivity contribution is 0.285. The Hall–Kier alpha value is -0.410. The van der Waals surface area contributed by atoms with Crippen molar-refractivity contribution in [2.75, 3.05) is 4.72 Å². The van der Waals surface area contributed by atoms with Gasteiger partial charge in [0.05, 0.1) is 16.1 Å². The van der Waals surface area contributed by atoms with Gasteiger partial charge in [-0.2, -0.15) is 0 Å². The maximum Gasteiger partial charge on any atom is 0.263 e. The smallest absolute Gasteiger partial charge is 0.263 e. The van der Waals surface area contributed by atoms with Crippen LogP contribution in [0, 0.1) is 6.92 Å². The minimum atomic E-state index is -3.70. The molecule has 1 aromatic carbocycles. The quantitative estimate of drug-likeness (QED) is 0.758. The van der Waals surface area contributed by atoms with E-state index < -0.39 is 10.0 Å². The van der Waals surface area contributed by atoms with Crippen LogP contribution in [0.5, 0.6) is 0 Å². The van der Waals surface area contributed by atoms with Gasteiger partial charge in [0, 0.05) is 9.35 Å². The second-order valence-corrected chi connectivity index (χ2v) is 9.06. The molecule has 0 atom stereocenters. The number of nitrogens with one attached hydrogen (secondary N) is 1. The Morgan fingerprint density at radius 2 is 2.00 bits per heavy atom. The van der Waals surface area contributed by atoms with E-state index in [0.717, 1.165) is 5.56 Å². The summed E-state index contributed by atoms with van der Waals surface area (Å²) in [5, 5.41) is 9.07. The SMILES string of the molecule is Cc1ccc(NS(=O)(=O)c2cc(CO)sc2Br)c(Br)c1. The fraction of sp³-hybridized carbons (Fsp3) is 0.167. The maximum atomic E-state index is 12.4. The van der Waals surface area contributed by atoms with Crippen molar-refractivity contribution in [1.82, 2.24) is 0 Å². The van der Waals surface area contributed by atoms with E-state index in [1.54, 1.807) is 6.07 Å². The van der Waals surface area contributed by atoms with E-state index in [9.17, 15) is 8.42 Å². The highest BCUT2D eigenvalue weighted by molar-refractivity contribution is 9.11. The second-order valence-electron chi connectivity index (χ2n) is 4.10. The summed E-state index contributed by atoms with van der Waals surface area (Å²) in [5.74, 6) is 0. The standard InChI is InChI=1S/C12H11Br2NO3S2/c1-7-2-3-10(9(13)4-7)15-20(17,18)11-5-8(6-16)19-12(11)14/h2-5,15-16H,6H2,1H3. The summed E-state index contributed by atoms with van der Waals surface area (Å²) in [5.41, 5.74) is 1.50. The van der Waals surface area contributed by atoms with Crippen molar-refractivity contribution >= 4 is 58.9 Å². The summed E-state index contributed by atoms with van der Waals surface area (Å²) in [6.45, 7) is 1.74. The van der Waals surface area contributed by atoms with Crippen LogP contribution in [0.15, 0.2) is 37.4 Å². The topological polar surface area (TPSA) is 66.4 Å². The molecule has 4 nitrogen and oxygen atoms in total. The Labute approximate surface area is 138 Å². The monoisotopic (exact) mass is 439 g/mol. The van der Waals surface area contributed by atoms with Gasteiger partial charge in [0.15, 0.2) is 0 Å². The van der Waals surface area contributed by atoms with Crippen molar-refractivity contribution in [2.24, 2.45) is 0 Å². The number of sulfonamides is 1. The van der Waals surface area contributed by atoms with Crippen LogP contribution in [0.2, 0.25) is 0 Å². The predicted molar refractivity (Wildman–Crippen MR) is 87.6 cm³/mol. The molecule has 0 aliphatic heterocycles. The number of anilines is 1. The van der Waals surface area contributed by atoms with E-state index in [1.165, 1.54) is 17.4 Å². The Kier molecular flexibility index (Phi) is 4.91. The molecule has 2 aromatic rings. The van der Waals surface area contributed by atoms with Crippen molar-refractivity contribution in [3.8, 4) is 0 Å². The highest BCUT2D eigenvalue weighted by Gasteiger charge is 2.21. The van der Waals surface area contributed by atoms with E-state index in [0.29, 0.717) is 18.8 Å². The zero-order chi connectivity index (χ0) is 14.9. The van der Waals surface area contributed by atoms with Crippen LogP contribution in [0.3, 0.4) is 0 Å². The van der Waals surface area contributed by atoms with Gasteiger partial charge < -0.3 is 5.11 Å². The molecule has 2 N–H and O–H groups in total. The zero-order valence-corrected chi connectivity index (χ0v) is 15.2. The summed E-state index contributed by atoms with van der Waals surface area (Å²) < 4.78 is 28.4. The summed E-state index contributed by atoms with van der Waals surface area (Å²) in [7, 11) is -3.70. The fourth-order valence-electron chi connectivity index (χ4n) is 1.56. The van der Waals surface area contributed by atoms with E-state index >= 15 is 0 Å². The number of rotatable bonds is 4. The number of halogens is 2. The molecule has 2 rings (SSSR count). The van der Waals surface area contributed by atoms with Gasteiger partial charge in [0.25, 0.3) is 10.0 Å². The van der Waals surface area contributed by atoms with Crippen molar-refractivity contribution < 1.29 is 13.5 Å². The average Bonchev–Trinajstić information content (AvgIpc) is 2.75. The van der Waals surface area contributed by atoms with Gasteiger partial charge in [0.2, 0.25) is 0 Å². The van der Waals surface area contributed by atoms with Crippen LogP contribution in [-0.4, -0.2) is 13.5 Å². The van der Waals surface area contributed by atoms with Crippen molar-refractivity contribution in [3.63, 3.8) is 0 Å². The lowest BCUT2D eigenvalue weighted by Gasteiger charge is -2.09. The number of benzene rings is 1. The average molecular weight is 441 g/mol. The molecule has 0 aliphatic carbocycles. The van der Waals surface area contributed by atoms with E-state index in [1.807, 2.05) is 19.1 Å². The fourth-order valence-corrected chi connectivity index (χ4v) is 5.91. The normalized spacial score (nSPS) is 11.6. The number of aliphatic hydroxyl groups is 1. The van der Waals surface area contributed by atoms with E-state index in [4.69, 9.17) is 5.11 Å². The lowest BCUT2D eigenvalue weighted by Crippen LogP contribution is -2.13. The first kappa shape index (κ1) is 16.0. The first-order valence-electron chi connectivity index (χ1n) is 5.51. The zero-order valence-electron chi connectivity index (χ0n) is 10.4. The van der Waals surface area contributed by atoms with Gasteiger partial charge in [-0.25, -0.2) is 8.42 Å². The molecule has 108 valence electrons. The molecule has 1 heterocycles. The van der Waals surface area contributed by atoms with Gasteiger partial charge in [-0.1, -0.05) is 6.07 Å². The molecule has 0 saturated carbocycles. The molecule has 0 bridgehead atoms. The molecular formula is C12H11Br2NO3S2. The second kappa shape index (κ2) is 6.15. The number of hydrogen-bond acceptors (Lipinski definition) is 4. The number of aliphatic hydroxyl groups excluding tert-OH is 1. The largest absolute Gasteiger partial charge is 0.391 e. The molecule has 0 aliphatic rings. The lowest BCUT2D eigenvalue weighted by atomic mass is 10.2. The predicted octanol–water partition coefficient (Wildman–Crippen LogP) is 3.87. The molecule has 0 spiro atoms. The Morgan fingerprint density at radius 1 is 1.30 bits per heavy atom. The van der Waals surface area contributed by atoms with Crippen LogP contribution in [0.1, 0.15) is 10.4 Å². The molecule has 0 unspecified atom stereocenters. The Balaban J connectivity index is 2.38. The number of thiophene rings is 1. The molecule has 20 heavy (non-hydrogen) atoms. The highest BCUT2D eigenvalue weighted by atomic mass is 79.9. The van der Waals surface area contributed by atoms with Crippen molar-refractivity contribution in [2.45, 2.75) is 18.4 Å². The molecule has 0 saturated heterocycles. The van der Waals surface area contributed by atoms with Crippen LogP contribution < -0.4 is 4.72 Å². The third-order valence-corrected chi connectivity index (χ3v) is 6.78. The third kappa shape index (κ3) is 3.43. The van der Waals surface area contributed by atoms with Crippen molar-refractivity contribution in [1.29, 1.82) is 0 Å².